The Labute approximate surface area is 239 Å². The number of benzene rings is 5. The van der Waals surface area contributed by atoms with Crippen molar-refractivity contribution in [3.8, 4) is 43.4 Å². The van der Waals surface area contributed by atoms with Crippen molar-refractivity contribution in [2.45, 2.75) is 0 Å². The molecule has 40 heavy (non-hydrogen) atoms. The minimum Gasteiger partial charge on any atom is -0.256 e. The monoisotopic (exact) mass is 547 g/mol. The van der Waals surface area contributed by atoms with Gasteiger partial charge in [-0.2, -0.15) is 0 Å². The SMILES string of the molecule is c1cnc2c(-c3ccc(-c4nc5ccccc5s4)cc3)cc(-c3ccc(-c4nc5ccccc5s4)cc3)cc2c1. The molecule has 0 amide bonds. The van der Waals surface area contributed by atoms with E-state index >= 15 is 0 Å². The summed E-state index contributed by atoms with van der Waals surface area (Å²) in [5, 5.41) is 3.21. The van der Waals surface area contributed by atoms with Crippen molar-refractivity contribution in [3.05, 3.63) is 128 Å². The van der Waals surface area contributed by atoms with Crippen LogP contribution in [0.1, 0.15) is 0 Å². The van der Waals surface area contributed by atoms with Crippen LogP contribution in [0.4, 0.5) is 0 Å². The first-order valence-electron chi connectivity index (χ1n) is 13.1. The maximum atomic E-state index is 4.83. The Hall–Kier alpha value is -4.71. The van der Waals surface area contributed by atoms with Crippen LogP contribution < -0.4 is 0 Å². The van der Waals surface area contributed by atoms with Crippen LogP contribution in [0.2, 0.25) is 0 Å². The van der Waals surface area contributed by atoms with E-state index in [1.165, 1.54) is 20.5 Å². The van der Waals surface area contributed by atoms with Crippen molar-refractivity contribution >= 4 is 54.0 Å². The van der Waals surface area contributed by atoms with Gasteiger partial charge in [0.15, 0.2) is 0 Å². The molecular formula is C35H21N3S2. The largest absolute Gasteiger partial charge is 0.256 e. The van der Waals surface area contributed by atoms with E-state index in [1.54, 1.807) is 22.7 Å². The lowest BCUT2D eigenvalue weighted by atomic mass is 9.95. The Balaban J connectivity index is 1.17. The van der Waals surface area contributed by atoms with E-state index in [4.69, 9.17) is 15.0 Å². The highest BCUT2D eigenvalue weighted by Crippen LogP contribution is 2.37. The normalized spacial score (nSPS) is 11.5. The maximum Gasteiger partial charge on any atom is 0.124 e. The van der Waals surface area contributed by atoms with E-state index in [2.05, 4.69) is 103 Å². The average Bonchev–Trinajstić information content (AvgIpc) is 3.66. The molecule has 0 saturated heterocycles. The van der Waals surface area contributed by atoms with Crippen molar-refractivity contribution in [2.75, 3.05) is 0 Å². The maximum absolute atomic E-state index is 4.83. The second kappa shape index (κ2) is 9.49. The number of para-hydroxylation sites is 2. The molecule has 3 nitrogen and oxygen atoms in total. The van der Waals surface area contributed by atoms with Gasteiger partial charge in [-0.1, -0.05) is 78.9 Å². The zero-order valence-electron chi connectivity index (χ0n) is 21.3. The number of hydrogen-bond acceptors (Lipinski definition) is 5. The summed E-state index contributed by atoms with van der Waals surface area (Å²) < 4.78 is 2.42. The predicted molar refractivity (Wildman–Crippen MR) is 170 cm³/mol. The Morgan fingerprint density at radius 1 is 0.450 bits per heavy atom. The third kappa shape index (κ3) is 4.08. The molecule has 0 aliphatic carbocycles. The number of nitrogens with zero attached hydrogens (tertiary/aromatic N) is 3. The standard InChI is InChI=1S/C35H21N3S2/c1-3-9-31-29(7-1)37-34(39-31)24-15-11-22(12-16-24)27-20-26-6-5-19-36-33(26)28(21-27)23-13-17-25(18-14-23)35-38-30-8-2-4-10-32(30)40-35/h1-21H. The minimum atomic E-state index is 1.00. The number of aromatic nitrogens is 3. The molecular weight excluding hydrogens is 527 g/mol. The van der Waals surface area contributed by atoms with Crippen molar-refractivity contribution in [1.82, 2.24) is 15.0 Å². The molecule has 3 aromatic heterocycles. The number of rotatable bonds is 4. The third-order valence-electron chi connectivity index (χ3n) is 7.20. The fourth-order valence-electron chi connectivity index (χ4n) is 5.17. The summed E-state index contributed by atoms with van der Waals surface area (Å²) in [4.78, 5) is 14.4. The Morgan fingerprint density at radius 3 is 1.60 bits per heavy atom. The average molecular weight is 548 g/mol. The van der Waals surface area contributed by atoms with E-state index in [1.807, 2.05) is 24.4 Å². The molecule has 0 aliphatic heterocycles. The summed E-state index contributed by atoms with van der Waals surface area (Å²) in [6, 6.07) is 42.7. The molecule has 0 aliphatic rings. The first-order chi connectivity index (χ1) is 19.8. The molecule has 5 aromatic carbocycles. The lowest BCUT2D eigenvalue weighted by molar-refractivity contribution is 1.41. The molecule has 0 unspecified atom stereocenters. The highest BCUT2D eigenvalue weighted by atomic mass is 32.1. The van der Waals surface area contributed by atoms with Gasteiger partial charge in [0.1, 0.15) is 10.0 Å². The van der Waals surface area contributed by atoms with E-state index < -0.39 is 0 Å². The van der Waals surface area contributed by atoms with Crippen LogP contribution in [0.5, 0.6) is 0 Å². The van der Waals surface area contributed by atoms with Gasteiger partial charge in [0.05, 0.1) is 25.9 Å². The minimum absolute atomic E-state index is 1.00. The molecule has 188 valence electrons. The topological polar surface area (TPSA) is 38.7 Å². The van der Waals surface area contributed by atoms with E-state index in [0.717, 1.165) is 54.2 Å². The zero-order chi connectivity index (χ0) is 26.5. The fourth-order valence-corrected chi connectivity index (χ4v) is 7.11. The van der Waals surface area contributed by atoms with Crippen molar-refractivity contribution in [2.24, 2.45) is 0 Å². The first kappa shape index (κ1) is 23.2. The van der Waals surface area contributed by atoms with Crippen LogP contribution >= 0.6 is 22.7 Å². The Morgan fingerprint density at radius 2 is 1.00 bits per heavy atom. The highest BCUT2D eigenvalue weighted by Gasteiger charge is 2.12. The molecule has 0 saturated carbocycles. The second-order valence-corrected chi connectivity index (χ2v) is 11.8. The predicted octanol–water partition coefficient (Wildman–Crippen LogP) is 10.1. The van der Waals surface area contributed by atoms with Crippen LogP contribution in [0, 0.1) is 0 Å². The molecule has 0 spiro atoms. The number of thiazole rings is 2. The smallest absolute Gasteiger partial charge is 0.124 e. The van der Waals surface area contributed by atoms with E-state index in [-0.39, 0.29) is 0 Å². The summed E-state index contributed by atoms with van der Waals surface area (Å²) in [6.45, 7) is 0. The summed E-state index contributed by atoms with van der Waals surface area (Å²) in [7, 11) is 0. The zero-order valence-corrected chi connectivity index (χ0v) is 22.9. The van der Waals surface area contributed by atoms with Gasteiger partial charge >= 0.3 is 0 Å². The van der Waals surface area contributed by atoms with Crippen LogP contribution in [0.3, 0.4) is 0 Å². The molecule has 0 bridgehead atoms. The Bertz CT molecular complexity index is 2090. The summed E-state index contributed by atoms with van der Waals surface area (Å²) in [5.74, 6) is 0. The van der Waals surface area contributed by atoms with Gasteiger partial charge in [0.25, 0.3) is 0 Å². The second-order valence-electron chi connectivity index (χ2n) is 9.73. The molecule has 3 heterocycles. The lowest BCUT2D eigenvalue weighted by Crippen LogP contribution is -1.88. The van der Waals surface area contributed by atoms with Crippen LogP contribution in [0.15, 0.2) is 128 Å². The van der Waals surface area contributed by atoms with Crippen molar-refractivity contribution in [3.63, 3.8) is 0 Å². The van der Waals surface area contributed by atoms with Gasteiger partial charge in [-0.25, -0.2) is 9.97 Å². The first-order valence-corrected chi connectivity index (χ1v) is 14.7. The molecule has 0 fully saturated rings. The molecule has 5 heteroatoms. The van der Waals surface area contributed by atoms with Gasteiger partial charge in [-0.05, 0) is 59.2 Å². The van der Waals surface area contributed by atoms with Gasteiger partial charge < -0.3 is 0 Å². The molecule has 0 N–H and O–H groups in total. The Kier molecular flexibility index (Phi) is 5.50. The molecule has 8 aromatic rings. The summed E-state index contributed by atoms with van der Waals surface area (Å²) in [6.07, 6.45) is 1.87. The summed E-state index contributed by atoms with van der Waals surface area (Å²) in [5.41, 5.74) is 9.97. The van der Waals surface area contributed by atoms with Crippen molar-refractivity contribution < 1.29 is 0 Å². The van der Waals surface area contributed by atoms with Crippen LogP contribution in [0.25, 0.3) is 74.7 Å². The van der Waals surface area contributed by atoms with Gasteiger partial charge in [0, 0.05) is 28.3 Å². The van der Waals surface area contributed by atoms with Crippen molar-refractivity contribution in [1.29, 1.82) is 0 Å². The number of hydrogen-bond donors (Lipinski definition) is 0. The fraction of sp³-hybridized carbons (Fsp3) is 0. The molecule has 8 rings (SSSR count). The quantitative estimate of drug-likeness (QED) is 0.220. The third-order valence-corrected chi connectivity index (χ3v) is 9.37. The molecule has 0 atom stereocenters. The van der Waals surface area contributed by atoms with Gasteiger partial charge in [-0.3, -0.25) is 4.98 Å². The van der Waals surface area contributed by atoms with E-state index in [9.17, 15) is 0 Å². The lowest BCUT2D eigenvalue weighted by Gasteiger charge is -2.11. The van der Waals surface area contributed by atoms with Gasteiger partial charge in [-0.15, -0.1) is 22.7 Å². The van der Waals surface area contributed by atoms with Crippen LogP contribution in [-0.2, 0) is 0 Å². The highest BCUT2D eigenvalue weighted by molar-refractivity contribution is 7.22. The summed E-state index contributed by atoms with van der Waals surface area (Å²) >= 11 is 3.46. The van der Waals surface area contributed by atoms with E-state index in [0.29, 0.717) is 0 Å². The number of fused-ring (bicyclic) bond motifs is 3. The molecule has 0 radical (unpaired) electrons. The number of pyridine rings is 1. The van der Waals surface area contributed by atoms with Crippen LogP contribution in [-0.4, -0.2) is 15.0 Å². The van der Waals surface area contributed by atoms with Gasteiger partial charge in [0.2, 0.25) is 0 Å².